The number of nitrogens with zero attached hydrogens (tertiary/aromatic N) is 1. The zero-order valence-electron chi connectivity index (χ0n) is 8.88. The van der Waals surface area contributed by atoms with Gasteiger partial charge >= 0.3 is 5.97 Å². The van der Waals surface area contributed by atoms with Crippen molar-refractivity contribution in [1.82, 2.24) is 4.90 Å². The summed E-state index contributed by atoms with van der Waals surface area (Å²) in [5.41, 5.74) is 0.544. The van der Waals surface area contributed by atoms with Gasteiger partial charge in [-0.05, 0) is 24.3 Å². The monoisotopic (exact) mass is 223 g/mol. The van der Waals surface area contributed by atoms with Gasteiger partial charge < -0.3 is 15.1 Å². The summed E-state index contributed by atoms with van der Waals surface area (Å²) in [5.74, 6) is -1.27. The number of carboxylic acid groups (broad SMARTS) is 1. The van der Waals surface area contributed by atoms with Gasteiger partial charge in [0.2, 0.25) is 0 Å². The second-order valence-corrected chi connectivity index (χ2v) is 3.33. The number of amides is 1. The van der Waals surface area contributed by atoms with Crippen LogP contribution in [0.4, 0.5) is 0 Å². The summed E-state index contributed by atoms with van der Waals surface area (Å²) in [6, 6.07) is 5.67. The number of benzene rings is 1. The third-order valence-electron chi connectivity index (χ3n) is 2.16. The zero-order valence-corrected chi connectivity index (χ0v) is 8.88. The fourth-order valence-corrected chi connectivity index (χ4v) is 1.23. The van der Waals surface area contributed by atoms with Crippen molar-refractivity contribution in [2.45, 2.75) is 0 Å². The van der Waals surface area contributed by atoms with Crippen LogP contribution < -0.4 is 0 Å². The topological polar surface area (TPSA) is 77.8 Å². The molecule has 0 heterocycles. The van der Waals surface area contributed by atoms with Crippen LogP contribution in [0.2, 0.25) is 0 Å². The first-order chi connectivity index (χ1) is 7.56. The average molecular weight is 223 g/mol. The molecule has 1 aromatic carbocycles. The van der Waals surface area contributed by atoms with E-state index in [-0.39, 0.29) is 24.6 Å². The maximum Gasteiger partial charge on any atom is 0.335 e. The molecule has 0 radical (unpaired) electrons. The van der Waals surface area contributed by atoms with Gasteiger partial charge in [-0.1, -0.05) is 0 Å². The Morgan fingerprint density at radius 1 is 1.19 bits per heavy atom. The molecule has 86 valence electrons. The molecular weight excluding hydrogens is 210 g/mol. The lowest BCUT2D eigenvalue weighted by atomic mass is 10.1. The van der Waals surface area contributed by atoms with E-state index in [1.807, 2.05) is 0 Å². The van der Waals surface area contributed by atoms with Crippen LogP contribution in [0.5, 0.6) is 0 Å². The van der Waals surface area contributed by atoms with Crippen LogP contribution in [0, 0.1) is 0 Å². The number of rotatable bonds is 4. The molecule has 16 heavy (non-hydrogen) atoms. The van der Waals surface area contributed by atoms with Gasteiger partial charge in [-0.3, -0.25) is 4.79 Å². The predicted molar refractivity (Wildman–Crippen MR) is 57.4 cm³/mol. The molecule has 0 saturated carbocycles. The molecule has 0 unspecified atom stereocenters. The molecule has 0 bridgehead atoms. The minimum absolute atomic E-state index is 0.102. The highest BCUT2D eigenvalue weighted by Gasteiger charge is 2.11. The van der Waals surface area contributed by atoms with Crippen molar-refractivity contribution in [2.75, 3.05) is 20.2 Å². The lowest BCUT2D eigenvalue weighted by molar-refractivity contribution is 0.0694. The van der Waals surface area contributed by atoms with Crippen molar-refractivity contribution >= 4 is 11.9 Å². The summed E-state index contributed by atoms with van der Waals surface area (Å²) in [7, 11) is 1.57. The fraction of sp³-hybridized carbons (Fsp3) is 0.273. The maximum absolute atomic E-state index is 11.7. The minimum Gasteiger partial charge on any atom is -0.478 e. The van der Waals surface area contributed by atoms with E-state index in [1.165, 1.54) is 29.2 Å². The van der Waals surface area contributed by atoms with Crippen molar-refractivity contribution in [3.63, 3.8) is 0 Å². The number of aromatic carboxylic acids is 1. The van der Waals surface area contributed by atoms with E-state index in [1.54, 1.807) is 7.05 Å². The van der Waals surface area contributed by atoms with E-state index in [0.717, 1.165) is 0 Å². The van der Waals surface area contributed by atoms with Crippen LogP contribution in [0.15, 0.2) is 24.3 Å². The SMILES string of the molecule is CN(CCO)C(=O)c1ccc(C(=O)O)cc1. The number of carboxylic acids is 1. The molecule has 5 nitrogen and oxygen atoms in total. The Morgan fingerprint density at radius 3 is 2.12 bits per heavy atom. The highest BCUT2D eigenvalue weighted by Crippen LogP contribution is 2.06. The van der Waals surface area contributed by atoms with Crippen molar-refractivity contribution in [3.8, 4) is 0 Å². The Morgan fingerprint density at radius 2 is 1.69 bits per heavy atom. The third-order valence-corrected chi connectivity index (χ3v) is 2.16. The predicted octanol–water partition coefficient (Wildman–Crippen LogP) is 0.449. The van der Waals surface area contributed by atoms with Crippen LogP contribution in [-0.2, 0) is 0 Å². The largest absolute Gasteiger partial charge is 0.478 e. The number of hydrogen-bond acceptors (Lipinski definition) is 3. The van der Waals surface area contributed by atoms with Gasteiger partial charge in [-0.2, -0.15) is 0 Å². The standard InChI is InChI=1S/C11H13NO4/c1-12(6-7-13)10(14)8-2-4-9(5-3-8)11(15)16/h2-5,13H,6-7H2,1H3,(H,15,16). The lowest BCUT2D eigenvalue weighted by Gasteiger charge is -2.15. The molecule has 0 atom stereocenters. The lowest BCUT2D eigenvalue weighted by Crippen LogP contribution is -2.29. The van der Waals surface area contributed by atoms with Crippen molar-refractivity contribution in [2.24, 2.45) is 0 Å². The second kappa shape index (κ2) is 5.27. The van der Waals surface area contributed by atoms with Crippen molar-refractivity contribution in [3.05, 3.63) is 35.4 Å². The Balaban J connectivity index is 2.81. The quantitative estimate of drug-likeness (QED) is 0.776. The fourth-order valence-electron chi connectivity index (χ4n) is 1.23. The molecule has 0 aliphatic rings. The summed E-state index contributed by atoms with van der Waals surface area (Å²) in [6.45, 7) is 0.148. The van der Waals surface area contributed by atoms with Crippen LogP contribution in [0.3, 0.4) is 0 Å². The molecule has 0 fully saturated rings. The van der Waals surface area contributed by atoms with E-state index in [0.29, 0.717) is 5.56 Å². The smallest absolute Gasteiger partial charge is 0.335 e. The van der Waals surface area contributed by atoms with Crippen molar-refractivity contribution < 1.29 is 19.8 Å². The van der Waals surface area contributed by atoms with Crippen LogP contribution >= 0.6 is 0 Å². The third kappa shape index (κ3) is 2.80. The van der Waals surface area contributed by atoms with Gasteiger partial charge in [0.25, 0.3) is 5.91 Å². The van der Waals surface area contributed by atoms with Gasteiger partial charge in [-0.15, -0.1) is 0 Å². The number of likely N-dealkylation sites (N-methyl/N-ethyl adjacent to an activating group) is 1. The van der Waals surface area contributed by atoms with E-state index in [4.69, 9.17) is 10.2 Å². The summed E-state index contributed by atoms with van der Waals surface area (Å²) in [4.78, 5) is 23.6. The number of carbonyl (C=O) groups is 2. The highest BCUT2D eigenvalue weighted by molar-refractivity contribution is 5.95. The molecule has 0 saturated heterocycles. The summed E-state index contributed by atoms with van der Waals surface area (Å²) in [5, 5.41) is 17.4. The Hall–Kier alpha value is -1.88. The van der Waals surface area contributed by atoms with Crippen LogP contribution in [0.25, 0.3) is 0 Å². The molecule has 1 rings (SSSR count). The number of aliphatic hydroxyl groups is 1. The number of carbonyl (C=O) groups excluding carboxylic acids is 1. The average Bonchev–Trinajstić information content (AvgIpc) is 2.28. The van der Waals surface area contributed by atoms with Gasteiger partial charge in [0.05, 0.1) is 12.2 Å². The first kappa shape index (κ1) is 12.2. The van der Waals surface area contributed by atoms with Gasteiger partial charge in [-0.25, -0.2) is 4.79 Å². The first-order valence-corrected chi connectivity index (χ1v) is 4.76. The summed E-state index contributed by atoms with van der Waals surface area (Å²) < 4.78 is 0. The molecule has 1 aromatic rings. The second-order valence-electron chi connectivity index (χ2n) is 3.33. The van der Waals surface area contributed by atoms with E-state index >= 15 is 0 Å². The number of aliphatic hydroxyl groups excluding tert-OH is 1. The van der Waals surface area contributed by atoms with E-state index in [2.05, 4.69) is 0 Å². The van der Waals surface area contributed by atoms with Gasteiger partial charge in [0, 0.05) is 19.2 Å². The highest BCUT2D eigenvalue weighted by atomic mass is 16.4. The molecule has 0 aliphatic carbocycles. The number of hydrogen-bond donors (Lipinski definition) is 2. The molecular formula is C11H13NO4. The summed E-state index contributed by atoms with van der Waals surface area (Å²) in [6.07, 6.45) is 0. The van der Waals surface area contributed by atoms with Crippen molar-refractivity contribution in [1.29, 1.82) is 0 Å². The van der Waals surface area contributed by atoms with E-state index in [9.17, 15) is 9.59 Å². The van der Waals surface area contributed by atoms with Gasteiger partial charge in [0.1, 0.15) is 0 Å². The van der Waals surface area contributed by atoms with E-state index < -0.39 is 5.97 Å². The Labute approximate surface area is 92.9 Å². The van der Waals surface area contributed by atoms with Crippen LogP contribution in [-0.4, -0.2) is 47.2 Å². The minimum atomic E-state index is -1.03. The zero-order chi connectivity index (χ0) is 12.1. The van der Waals surface area contributed by atoms with Crippen LogP contribution in [0.1, 0.15) is 20.7 Å². The normalized spacial score (nSPS) is 9.88. The molecule has 1 amide bonds. The molecule has 0 aliphatic heterocycles. The molecule has 0 spiro atoms. The van der Waals surface area contributed by atoms with Gasteiger partial charge in [0.15, 0.2) is 0 Å². The Bertz CT molecular complexity index is 385. The first-order valence-electron chi connectivity index (χ1n) is 4.76. The molecule has 0 aromatic heterocycles. The Kier molecular flexibility index (Phi) is 4.02. The molecule has 2 N–H and O–H groups in total. The maximum atomic E-state index is 11.7. The summed E-state index contributed by atoms with van der Waals surface area (Å²) >= 11 is 0. The molecule has 5 heteroatoms.